The molecule has 60 heavy (non-hydrogen) atoms. The summed E-state index contributed by atoms with van der Waals surface area (Å²) in [7, 11) is 0. The van der Waals surface area contributed by atoms with Crippen molar-refractivity contribution in [2.75, 3.05) is 4.90 Å². The van der Waals surface area contributed by atoms with Crippen LogP contribution in [0.15, 0.2) is 229 Å². The van der Waals surface area contributed by atoms with Crippen molar-refractivity contribution in [3.05, 3.63) is 224 Å². The molecule has 12 rings (SSSR count). The van der Waals surface area contributed by atoms with Crippen molar-refractivity contribution in [3.63, 3.8) is 0 Å². The van der Waals surface area contributed by atoms with E-state index in [0.717, 1.165) is 55.5 Å². The first kappa shape index (κ1) is 34.1. The van der Waals surface area contributed by atoms with Crippen LogP contribution < -0.4 is 4.90 Å². The molecule has 0 bridgehead atoms. The third kappa shape index (κ3) is 5.57. The van der Waals surface area contributed by atoms with Gasteiger partial charge in [-0.15, -0.1) is 0 Å². The van der Waals surface area contributed by atoms with E-state index in [4.69, 9.17) is 4.42 Å². The standard InChI is InChI=1S/C58H37NO/c1-4-17-47-38(11-1)14-8-20-48(47)41-25-31-44(32-26-41)59(45-33-27-42(28-34-45)50-21-9-23-53-49-18-5-2-12-39(49)29-35-54(50)53)46-16-7-15-43(37-46)51-22-10-24-56-57(51)55-36-30-40-13-3-6-19-52(40)58(55)60-56/h1-37H. The van der Waals surface area contributed by atoms with Gasteiger partial charge in [0.2, 0.25) is 0 Å². The summed E-state index contributed by atoms with van der Waals surface area (Å²) in [6.07, 6.45) is 0. The van der Waals surface area contributed by atoms with Gasteiger partial charge < -0.3 is 9.32 Å². The molecule has 0 aliphatic carbocycles. The molecule has 12 aromatic rings. The van der Waals surface area contributed by atoms with Gasteiger partial charge in [-0.1, -0.05) is 176 Å². The number of hydrogen-bond acceptors (Lipinski definition) is 2. The van der Waals surface area contributed by atoms with Gasteiger partial charge in [0, 0.05) is 33.2 Å². The second kappa shape index (κ2) is 13.9. The van der Waals surface area contributed by atoms with Gasteiger partial charge >= 0.3 is 0 Å². The summed E-state index contributed by atoms with van der Waals surface area (Å²) in [5, 5.41) is 12.1. The van der Waals surface area contributed by atoms with E-state index in [1.165, 1.54) is 60.0 Å². The van der Waals surface area contributed by atoms with E-state index in [2.05, 4.69) is 229 Å². The number of anilines is 3. The first-order chi connectivity index (χ1) is 29.7. The number of hydrogen-bond donors (Lipinski definition) is 0. The summed E-state index contributed by atoms with van der Waals surface area (Å²) < 4.78 is 6.60. The van der Waals surface area contributed by atoms with Gasteiger partial charge in [0.05, 0.1) is 0 Å². The molecule has 0 aliphatic rings. The average Bonchev–Trinajstić information content (AvgIpc) is 3.72. The largest absolute Gasteiger partial charge is 0.455 e. The number of benzene rings is 11. The molecule has 1 heterocycles. The van der Waals surface area contributed by atoms with Crippen molar-refractivity contribution in [1.82, 2.24) is 0 Å². The van der Waals surface area contributed by atoms with E-state index in [1.807, 2.05) is 0 Å². The van der Waals surface area contributed by atoms with Crippen LogP contribution in [0, 0.1) is 0 Å². The van der Waals surface area contributed by atoms with Crippen LogP contribution in [0.1, 0.15) is 0 Å². The summed E-state index contributed by atoms with van der Waals surface area (Å²) in [5.41, 5.74) is 12.2. The fourth-order valence-corrected chi connectivity index (χ4v) is 9.40. The smallest absolute Gasteiger partial charge is 0.143 e. The van der Waals surface area contributed by atoms with E-state index >= 15 is 0 Å². The zero-order valence-electron chi connectivity index (χ0n) is 32.7. The normalized spacial score (nSPS) is 11.7. The molecule has 0 N–H and O–H groups in total. The molecular weight excluding hydrogens is 727 g/mol. The highest BCUT2D eigenvalue weighted by atomic mass is 16.3. The monoisotopic (exact) mass is 763 g/mol. The van der Waals surface area contributed by atoms with Crippen molar-refractivity contribution >= 4 is 82.1 Å². The molecule has 0 fully saturated rings. The van der Waals surface area contributed by atoms with Crippen LogP contribution in [-0.2, 0) is 0 Å². The molecule has 11 aromatic carbocycles. The Morgan fingerprint density at radius 3 is 1.53 bits per heavy atom. The Hall–Kier alpha value is -7.94. The lowest BCUT2D eigenvalue weighted by molar-refractivity contribution is 0.673. The predicted octanol–water partition coefficient (Wildman–Crippen LogP) is 16.7. The van der Waals surface area contributed by atoms with Crippen LogP contribution in [0.5, 0.6) is 0 Å². The van der Waals surface area contributed by atoms with Crippen molar-refractivity contribution in [2.45, 2.75) is 0 Å². The number of nitrogens with zero attached hydrogens (tertiary/aromatic N) is 1. The highest BCUT2D eigenvalue weighted by Gasteiger charge is 2.18. The van der Waals surface area contributed by atoms with E-state index in [1.54, 1.807) is 0 Å². The van der Waals surface area contributed by atoms with Gasteiger partial charge in [-0.2, -0.15) is 0 Å². The van der Waals surface area contributed by atoms with Crippen molar-refractivity contribution in [1.29, 1.82) is 0 Å². The minimum absolute atomic E-state index is 0.891. The molecule has 0 aliphatic heterocycles. The topological polar surface area (TPSA) is 16.4 Å². The lowest BCUT2D eigenvalue weighted by Crippen LogP contribution is -2.10. The SMILES string of the molecule is c1cc(-c2cccc3oc4c5ccccc5ccc4c23)cc(N(c2ccc(-c3cccc4ccccc34)cc2)c2ccc(-c3cccc4c3ccc3ccccc34)cc2)c1. The Morgan fingerprint density at radius 2 is 0.800 bits per heavy atom. The van der Waals surface area contributed by atoms with Crippen molar-refractivity contribution in [2.24, 2.45) is 0 Å². The minimum Gasteiger partial charge on any atom is -0.455 e. The molecular formula is C58H37NO. The van der Waals surface area contributed by atoms with Crippen LogP contribution in [0.2, 0.25) is 0 Å². The summed E-state index contributed by atoms with van der Waals surface area (Å²) >= 11 is 0. The molecule has 0 amide bonds. The molecule has 0 radical (unpaired) electrons. The summed E-state index contributed by atoms with van der Waals surface area (Å²) in [5.74, 6) is 0. The first-order valence-electron chi connectivity index (χ1n) is 20.6. The minimum atomic E-state index is 0.891. The third-order valence-corrected chi connectivity index (χ3v) is 12.3. The number of furan rings is 1. The first-order valence-corrected chi connectivity index (χ1v) is 20.6. The lowest BCUT2D eigenvalue weighted by atomic mass is 9.94. The fourth-order valence-electron chi connectivity index (χ4n) is 9.40. The maximum Gasteiger partial charge on any atom is 0.143 e. The molecule has 0 unspecified atom stereocenters. The third-order valence-electron chi connectivity index (χ3n) is 12.3. The maximum atomic E-state index is 6.60. The fraction of sp³-hybridized carbons (Fsp3) is 0. The van der Waals surface area contributed by atoms with Crippen LogP contribution >= 0.6 is 0 Å². The molecule has 0 atom stereocenters. The van der Waals surface area contributed by atoms with Gasteiger partial charge in [0.1, 0.15) is 11.2 Å². The van der Waals surface area contributed by atoms with Crippen LogP contribution in [0.3, 0.4) is 0 Å². The van der Waals surface area contributed by atoms with Gasteiger partial charge in [-0.25, -0.2) is 0 Å². The molecule has 2 nitrogen and oxygen atoms in total. The van der Waals surface area contributed by atoms with Gasteiger partial charge in [0.25, 0.3) is 0 Å². The van der Waals surface area contributed by atoms with Crippen LogP contribution in [0.4, 0.5) is 17.1 Å². The maximum absolute atomic E-state index is 6.60. The zero-order chi connectivity index (χ0) is 39.6. The van der Waals surface area contributed by atoms with Crippen molar-refractivity contribution < 1.29 is 4.42 Å². The highest BCUT2D eigenvalue weighted by Crippen LogP contribution is 2.43. The molecule has 0 saturated carbocycles. The highest BCUT2D eigenvalue weighted by molar-refractivity contribution is 6.19. The quantitative estimate of drug-likeness (QED) is 0.157. The van der Waals surface area contributed by atoms with Gasteiger partial charge in [0.15, 0.2) is 0 Å². The molecule has 0 spiro atoms. The zero-order valence-corrected chi connectivity index (χ0v) is 32.7. The van der Waals surface area contributed by atoms with Gasteiger partial charge in [-0.3, -0.25) is 0 Å². The number of rotatable bonds is 6. The van der Waals surface area contributed by atoms with E-state index in [9.17, 15) is 0 Å². The molecule has 280 valence electrons. The lowest BCUT2D eigenvalue weighted by Gasteiger charge is -2.26. The molecule has 2 heteroatoms. The summed E-state index contributed by atoms with van der Waals surface area (Å²) in [4.78, 5) is 2.37. The Morgan fingerprint density at radius 1 is 0.283 bits per heavy atom. The Bertz CT molecular complexity index is 3590. The van der Waals surface area contributed by atoms with Gasteiger partial charge in [-0.05, 0) is 120 Å². The second-order valence-corrected chi connectivity index (χ2v) is 15.6. The molecule has 1 aromatic heterocycles. The van der Waals surface area contributed by atoms with E-state index < -0.39 is 0 Å². The Kier molecular flexibility index (Phi) is 7.89. The van der Waals surface area contributed by atoms with E-state index in [-0.39, 0.29) is 0 Å². The summed E-state index contributed by atoms with van der Waals surface area (Å²) in [6, 6.07) is 81.2. The molecule has 0 saturated heterocycles. The average molecular weight is 764 g/mol. The van der Waals surface area contributed by atoms with Crippen LogP contribution in [0.25, 0.3) is 98.4 Å². The Balaban J connectivity index is 0.996. The second-order valence-electron chi connectivity index (χ2n) is 15.6. The summed E-state index contributed by atoms with van der Waals surface area (Å²) in [6.45, 7) is 0. The van der Waals surface area contributed by atoms with Crippen molar-refractivity contribution in [3.8, 4) is 33.4 Å². The van der Waals surface area contributed by atoms with Crippen LogP contribution in [-0.4, -0.2) is 0 Å². The number of fused-ring (bicyclic) bond motifs is 9. The predicted molar refractivity (Wildman–Crippen MR) is 255 cm³/mol. The van der Waals surface area contributed by atoms with E-state index in [0.29, 0.717) is 0 Å². The Labute approximate surface area is 347 Å².